The molecule has 0 aromatic heterocycles. The maximum Gasteiger partial charge on any atom is 0.305 e. The maximum atomic E-state index is 13.1. The number of carbonyl (C=O) groups is 2. The first-order valence-electron chi connectivity index (χ1n) is 11.0. The van der Waals surface area contributed by atoms with Crippen LogP contribution in [0.2, 0.25) is 5.02 Å². The number of halogens is 1. The third-order valence-corrected chi connectivity index (χ3v) is 7.25. The van der Waals surface area contributed by atoms with Crippen LogP contribution in [0.1, 0.15) is 56.5 Å². The number of esters is 1. The molecule has 1 aliphatic carbocycles. The van der Waals surface area contributed by atoms with Gasteiger partial charge >= 0.3 is 5.97 Å². The van der Waals surface area contributed by atoms with Crippen LogP contribution in [-0.2, 0) is 16.0 Å². The van der Waals surface area contributed by atoms with Crippen LogP contribution < -0.4 is 4.74 Å². The molecule has 0 atom stereocenters. The summed E-state index contributed by atoms with van der Waals surface area (Å²) in [6.07, 6.45) is 1.24. The summed E-state index contributed by atoms with van der Waals surface area (Å²) in [4.78, 5) is 27.8. The Kier molecular flexibility index (Phi) is 7.19. The van der Waals surface area contributed by atoms with Gasteiger partial charge in [0.05, 0.1) is 18.7 Å². The lowest BCUT2D eigenvalue weighted by molar-refractivity contribution is -0.196. The van der Waals surface area contributed by atoms with E-state index in [0.717, 1.165) is 5.56 Å². The fourth-order valence-corrected chi connectivity index (χ4v) is 5.53. The lowest BCUT2D eigenvalue weighted by atomic mass is 9.44. The third kappa shape index (κ3) is 5.07. The largest absolute Gasteiger partial charge is 0.489 e. The Morgan fingerprint density at radius 1 is 1.06 bits per heavy atom. The van der Waals surface area contributed by atoms with Gasteiger partial charge in [0, 0.05) is 29.2 Å². The van der Waals surface area contributed by atoms with E-state index in [9.17, 15) is 9.59 Å². The molecule has 1 saturated carbocycles. The van der Waals surface area contributed by atoms with Gasteiger partial charge in [-0.2, -0.15) is 0 Å². The van der Waals surface area contributed by atoms with E-state index < -0.39 is 0 Å². The quantitative estimate of drug-likeness (QED) is 0.246. The first-order valence-corrected chi connectivity index (χ1v) is 11.4. The zero-order valence-electron chi connectivity index (χ0n) is 19.8. The Morgan fingerprint density at radius 2 is 1.70 bits per heavy atom. The molecule has 0 aliphatic heterocycles. The van der Waals surface area contributed by atoms with E-state index in [1.807, 2.05) is 24.3 Å². The van der Waals surface area contributed by atoms with Crippen LogP contribution in [0.5, 0.6) is 5.75 Å². The Labute approximate surface area is 200 Å². The van der Waals surface area contributed by atoms with Gasteiger partial charge in [0.15, 0.2) is 5.78 Å². The number of nitrogens with zero attached hydrogens (tertiary/aromatic N) is 1. The molecule has 0 amide bonds. The Balaban J connectivity index is 1.66. The summed E-state index contributed by atoms with van der Waals surface area (Å²) in [6, 6.07) is 12.6. The summed E-state index contributed by atoms with van der Waals surface area (Å²) in [6.45, 7) is 15.7. The zero-order chi connectivity index (χ0) is 24.4. The number of hydrogen-bond acceptors (Lipinski definition) is 4. The van der Waals surface area contributed by atoms with Gasteiger partial charge in [-0.05, 0) is 30.0 Å². The Morgan fingerprint density at radius 3 is 2.24 bits per heavy atom. The molecular formula is C27H30ClNO4. The van der Waals surface area contributed by atoms with Crippen molar-refractivity contribution in [2.45, 2.75) is 53.1 Å². The fourth-order valence-electron chi connectivity index (χ4n) is 5.31. The molecule has 6 heteroatoms. The second-order valence-electron chi connectivity index (χ2n) is 9.82. The minimum Gasteiger partial charge on any atom is -0.489 e. The highest BCUT2D eigenvalue weighted by Crippen LogP contribution is 2.61. The van der Waals surface area contributed by atoms with E-state index in [0.29, 0.717) is 41.3 Å². The second kappa shape index (κ2) is 9.57. The first-order chi connectivity index (χ1) is 15.5. The number of rotatable bonds is 8. The topological polar surface area (TPSA) is 57.0 Å². The van der Waals surface area contributed by atoms with Gasteiger partial charge in [0.1, 0.15) is 11.9 Å². The molecule has 174 valence electrons. The highest BCUT2D eigenvalue weighted by Gasteiger charge is 2.63. The van der Waals surface area contributed by atoms with Gasteiger partial charge in [-0.15, -0.1) is 0 Å². The first kappa shape index (κ1) is 24.8. The number of benzene rings is 2. The molecule has 0 unspecified atom stereocenters. The number of aryl methyl sites for hydroxylation is 1. The molecule has 0 heterocycles. The molecular weight excluding hydrogens is 438 g/mol. The van der Waals surface area contributed by atoms with Crippen molar-refractivity contribution < 1.29 is 19.1 Å². The summed E-state index contributed by atoms with van der Waals surface area (Å²) in [5.41, 5.74) is 1.64. The minimum atomic E-state index is -0.244. The van der Waals surface area contributed by atoms with Crippen molar-refractivity contribution in [2.75, 3.05) is 7.11 Å². The molecule has 2 aromatic rings. The van der Waals surface area contributed by atoms with Crippen molar-refractivity contribution in [1.82, 2.24) is 0 Å². The standard InChI is InChI=1S/C27H30ClNO4/c1-26(2)23(16-22(30)18-10-7-17(8-11-18)9-14-24(31)32-6)27(3,4)25(26)33-19-12-13-21(29-5)20(28)15-19/h7-8,10-13,15,23,25H,9,14,16H2,1-4,6H3. The van der Waals surface area contributed by atoms with Crippen LogP contribution in [0.25, 0.3) is 4.85 Å². The summed E-state index contributed by atoms with van der Waals surface area (Å²) in [7, 11) is 1.38. The second-order valence-corrected chi connectivity index (χ2v) is 10.2. The van der Waals surface area contributed by atoms with Gasteiger partial charge in [0.25, 0.3) is 0 Å². The van der Waals surface area contributed by atoms with Gasteiger partial charge in [-0.3, -0.25) is 9.59 Å². The molecule has 2 aromatic carbocycles. The smallest absolute Gasteiger partial charge is 0.305 e. The summed E-state index contributed by atoms with van der Waals surface area (Å²) in [5, 5.41) is 0.374. The van der Waals surface area contributed by atoms with Crippen LogP contribution >= 0.6 is 11.6 Å². The van der Waals surface area contributed by atoms with Crippen molar-refractivity contribution in [2.24, 2.45) is 16.7 Å². The monoisotopic (exact) mass is 467 g/mol. The number of Topliss-reactive ketones (excluding diaryl/α,β-unsaturated/α-hetero) is 1. The molecule has 0 bridgehead atoms. The highest BCUT2D eigenvalue weighted by molar-refractivity contribution is 6.33. The van der Waals surface area contributed by atoms with Gasteiger partial charge in [-0.1, -0.05) is 69.6 Å². The lowest BCUT2D eigenvalue weighted by Crippen LogP contribution is -2.66. The molecule has 0 spiro atoms. The predicted molar refractivity (Wildman–Crippen MR) is 129 cm³/mol. The molecule has 33 heavy (non-hydrogen) atoms. The van der Waals surface area contributed by atoms with E-state index in [2.05, 4.69) is 37.3 Å². The molecule has 3 rings (SSSR count). The number of ether oxygens (including phenoxy) is 2. The minimum absolute atomic E-state index is 0.0987. The van der Waals surface area contributed by atoms with Crippen LogP contribution in [0.3, 0.4) is 0 Å². The molecule has 0 saturated heterocycles. The van der Waals surface area contributed by atoms with Gasteiger partial charge in [-0.25, -0.2) is 4.85 Å². The van der Waals surface area contributed by atoms with Crippen LogP contribution in [0, 0.1) is 23.3 Å². The van der Waals surface area contributed by atoms with E-state index in [1.165, 1.54) is 7.11 Å². The number of hydrogen-bond donors (Lipinski definition) is 0. The third-order valence-electron chi connectivity index (χ3n) is 6.95. The van der Waals surface area contributed by atoms with Gasteiger partial charge < -0.3 is 9.47 Å². The number of ketones is 1. The SMILES string of the molecule is [C-]#[N+]c1ccc(OC2C(C)(C)C(CC(=O)c3ccc(CCC(=O)OC)cc3)C2(C)C)cc1Cl. The van der Waals surface area contributed by atoms with E-state index in [4.69, 9.17) is 22.9 Å². The molecule has 1 aliphatic rings. The van der Waals surface area contributed by atoms with Gasteiger partial charge in [0.2, 0.25) is 5.69 Å². The van der Waals surface area contributed by atoms with Crippen molar-refractivity contribution in [1.29, 1.82) is 0 Å². The van der Waals surface area contributed by atoms with Crippen LogP contribution in [0.15, 0.2) is 42.5 Å². The van der Waals surface area contributed by atoms with E-state index in [1.54, 1.807) is 18.2 Å². The normalized spacial score (nSPS) is 20.3. The molecule has 1 fully saturated rings. The van der Waals surface area contributed by atoms with Crippen molar-refractivity contribution in [3.63, 3.8) is 0 Å². The van der Waals surface area contributed by atoms with Crippen LogP contribution in [-0.4, -0.2) is 25.0 Å². The van der Waals surface area contributed by atoms with Crippen LogP contribution in [0.4, 0.5) is 5.69 Å². The lowest BCUT2D eigenvalue weighted by Gasteiger charge is -2.63. The molecule has 5 nitrogen and oxygen atoms in total. The average Bonchev–Trinajstić information content (AvgIpc) is 2.79. The van der Waals surface area contributed by atoms with E-state index >= 15 is 0 Å². The Hall–Kier alpha value is -2.84. The summed E-state index contributed by atoms with van der Waals surface area (Å²) in [5.74, 6) is 0.625. The zero-order valence-corrected chi connectivity index (χ0v) is 20.5. The fraction of sp³-hybridized carbons (Fsp3) is 0.444. The number of carbonyl (C=O) groups excluding carboxylic acids is 2. The van der Waals surface area contributed by atoms with Crippen molar-refractivity contribution in [3.8, 4) is 5.75 Å². The summed E-state index contributed by atoms with van der Waals surface area (Å²) < 4.78 is 11.0. The predicted octanol–water partition coefficient (Wildman–Crippen LogP) is 6.70. The molecule has 0 radical (unpaired) electrons. The summed E-state index contributed by atoms with van der Waals surface area (Å²) >= 11 is 6.17. The Bertz CT molecular complexity index is 1070. The van der Waals surface area contributed by atoms with Crippen molar-refractivity contribution >= 4 is 29.0 Å². The maximum absolute atomic E-state index is 13.1. The number of methoxy groups -OCH3 is 1. The average molecular weight is 468 g/mol. The van der Waals surface area contributed by atoms with E-state index in [-0.39, 0.29) is 34.6 Å². The van der Waals surface area contributed by atoms with Crippen molar-refractivity contribution in [3.05, 3.63) is 70.0 Å². The molecule has 0 N–H and O–H groups in total. The highest BCUT2D eigenvalue weighted by atomic mass is 35.5.